The van der Waals surface area contributed by atoms with Crippen molar-refractivity contribution in [3.63, 3.8) is 0 Å². The Morgan fingerprint density at radius 1 is 0.923 bits per heavy atom. The van der Waals surface area contributed by atoms with Gasteiger partial charge < -0.3 is 24.0 Å². The Balaban J connectivity index is 2.50. The lowest BCUT2D eigenvalue weighted by atomic mass is 10.2. The molecule has 2 amide bonds. The van der Waals surface area contributed by atoms with Gasteiger partial charge >= 0.3 is 18.2 Å². The van der Waals surface area contributed by atoms with Crippen LogP contribution in [0.3, 0.4) is 0 Å². The molecular weight excluding hydrogens is 340 g/mol. The van der Waals surface area contributed by atoms with Crippen LogP contribution < -0.4 is 4.74 Å². The third-order valence-corrected chi connectivity index (χ3v) is 3.27. The molecule has 8 heteroatoms. The highest BCUT2D eigenvalue weighted by atomic mass is 16.6. The zero-order chi connectivity index (χ0) is 19.9. The molecule has 1 aromatic rings. The van der Waals surface area contributed by atoms with Gasteiger partial charge in [-0.2, -0.15) is 0 Å². The van der Waals surface area contributed by atoms with E-state index in [0.717, 1.165) is 0 Å². The molecule has 0 saturated heterocycles. The van der Waals surface area contributed by atoms with Crippen LogP contribution in [0.15, 0.2) is 24.3 Å². The monoisotopic (exact) mass is 366 g/mol. The fraction of sp³-hybridized carbons (Fsp3) is 0.500. The first-order valence-electron chi connectivity index (χ1n) is 8.09. The van der Waals surface area contributed by atoms with Crippen LogP contribution >= 0.6 is 0 Å². The van der Waals surface area contributed by atoms with Crippen LogP contribution in [0.1, 0.15) is 31.1 Å². The number of hydrogen-bond acceptors (Lipinski definition) is 6. The third kappa shape index (κ3) is 7.00. The zero-order valence-corrected chi connectivity index (χ0v) is 16.1. The van der Waals surface area contributed by atoms with Gasteiger partial charge in [-0.25, -0.2) is 14.4 Å². The van der Waals surface area contributed by atoms with E-state index < -0.39 is 23.8 Å². The van der Waals surface area contributed by atoms with Crippen LogP contribution in [0.25, 0.3) is 0 Å². The van der Waals surface area contributed by atoms with Crippen molar-refractivity contribution in [3.8, 4) is 5.75 Å². The Labute approximate surface area is 153 Å². The number of ether oxygens (including phenoxy) is 3. The van der Waals surface area contributed by atoms with Crippen molar-refractivity contribution in [2.45, 2.75) is 26.4 Å². The van der Waals surface area contributed by atoms with Crippen LogP contribution in [0.5, 0.6) is 5.75 Å². The predicted molar refractivity (Wildman–Crippen MR) is 95.3 cm³/mol. The van der Waals surface area contributed by atoms with Gasteiger partial charge in [-0.05, 0) is 45.0 Å². The maximum absolute atomic E-state index is 12.1. The Hall–Kier alpha value is -2.77. The normalized spacial score (nSPS) is 10.7. The second-order valence-electron chi connectivity index (χ2n) is 6.71. The first-order valence-corrected chi connectivity index (χ1v) is 8.09. The van der Waals surface area contributed by atoms with Crippen LogP contribution in [-0.2, 0) is 9.47 Å². The summed E-state index contributed by atoms with van der Waals surface area (Å²) in [7, 11) is 4.45. The van der Waals surface area contributed by atoms with Gasteiger partial charge in [0, 0.05) is 27.2 Å². The highest BCUT2D eigenvalue weighted by molar-refractivity contribution is 5.89. The summed E-state index contributed by atoms with van der Waals surface area (Å²) < 4.78 is 15.1. The van der Waals surface area contributed by atoms with Gasteiger partial charge in [-0.3, -0.25) is 0 Å². The van der Waals surface area contributed by atoms with Crippen LogP contribution in [0, 0.1) is 0 Å². The number of hydrogen-bond donors (Lipinski definition) is 0. The minimum absolute atomic E-state index is 0.273. The van der Waals surface area contributed by atoms with E-state index in [0.29, 0.717) is 17.9 Å². The summed E-state index contributed by atoms with van der Waals surface area (Å²) in [5.41, 5.74) is -0.216. The molecule has 0 radical (unpaired) electrons. The molecule has 0 N–H and O–H groups in total. The van der Waals surface area contributed by atoms with E-state index in [-0.39, 0.29) is 6.54 Å². The van der Waals surface area contributed by atoms with Gasteiger partial charge in [0.15, 0.2) is 0 Å². The SMILES string of the molecule is COC(=O)c1ccc(OC(=O)N(C)CCN(C)C(=O)OC(C)(C)C)cc1. The quantitative estimate of drug-likeness (QED) is 0.745. The van der Waals surface area contributed by atoms with Gasteiger partial charge in [-0.1, -0.05) is 0 Å². The maximum Gasteiger partial charge on any atom is 0.415 e. The van der Waals surface area contributed by atoms with E-state index in [9.17, 15) is 14.4 Å². The summed E-state index contributed by atoms with van der Waals surface area (Å²) in [4.78, 5) is 38.0. The number of rotatable bonds is 5. The number of esters is 1. The fourth-order valence-electron chi connectivity index (χ4n) is 1.78. The smallest absolute Gasteiger partial charge is 0.415 e. The van der Waals surface area contributed by atoms with Crippen LogP contribution in [0.4, 0.5) is 9.59 Å². The first kappa shape index (κ1) is 21.3. The molecular formula is C18H26N2O6. The van der Waals surface area contributed by atoms with Crippen molar-refractivity contribution in [1.29, 1.82) is 0 Å². The van der Waals surface area contributed by atoms with E-state index in [1.54, 1.807) is 34.9 Å². The van der Waals surface area contributed by atoms with Crippen LogP contribution in [0.2, 0.25) is 0 Å². The summed E-state index contributed by atoms with van der Waals surface area (Å²) in [5.74, 6) is -0.167. The number of carbonyl (C=O) groups excluding carboxylic acids is 3. The first-order chi connectivity index (χ1) is 12.0. The van der Waals surface area contributed by atoms with Gasteiger partial charge in [0.05, 0.1) is 12.7 Å². The largest absolute Gasteiger partial charge is 0.465 e. The number of benzene rings is 1. The van der Waals surface area contributed by atoms with Crippen molar-refractivity contribution >= 4 is 18.2 Å². The minimum atomic E-state index is -0.577. The molecule has 0 aliphatic rings. The minimum Gasteiger partial charge on any atom is -0.465 e. The van der Waals surface area contributed by atoms with Crippen molar-refractivity contribution in [3.05, 3.63) is 29.8 Å². The lowest BCUT2D eigenvalue weighted by Crippen LogP contribution is -2.40. The van der Waals surface area contributed by atoms with Crippen molar-refractivity contribution in [2.24, 2.45) is 0 Å². The van der Waals surface area contributed by atoms with E-state index in [1.807, 2.05) is 0 Å². The van der Waals surface area contributed by atoms with Gasteiger partial charge in [0.25, 0.3) is 0 Å². The molecule has 0 fully saturated rings. The highest BCUT2D eigenvalue weighted by Crippen LogP contribution is 2.14. The number of amides is 2. The Bertz CT molecular complexity index is 636. The molecule has 0 bridgehead atoms. The Morgan fingerprint density at radius 3 is 1.88 bits per heavy atom. The number of methoxy groups -OCH3 is 1. The second-order valence-corrected chi connectivity index (χ2v) is 6.71. The molecule has 0 aliphatic heterocycles. The molecule has 144 valence electrons. The topological polar surface area (TPSA) is 85.4 Å². The average Bonchev–Trinajstić information content (AvgIpc) is 2.57. The lowest BCUT2D eigenvalue weighted by molar-refractivity contribution is 0.0287. The summed E-state index contributed by atoms with van der Waals surface area (Å²) >= 11 is 0. The molecule has 0 saturated carbocycles. The molecule has 1 rings (SSSR count). The molecule has 0 unspecified atom stereocenters. The van der Waals surface area contributed by atoms with Crippen molar-refractivity contribution in [2.75, 3.05) is 34.3 Å². The molecule has 0 atom stereocenters. The Kier molecular flexibility index (Phi) is 7.42. The lowest BCUT2D eigenvalue weighted by Gasteiger charge is -2.26. The zero-order valence-electron chi connectivity index (χ0n) is 16.1. The van der Waals surface area contributed by atoms with Gasteiger partial charge in [0.2, 0.25) is 0 Å². The number of nitrogens with zero attached hydrogens (tertiary/aromatic N) is 2. The van der Waals surface area contributed by atoms with Crippen LogP contribution in [-0.4, -0.2) is 67.9 Å². The van der Waals surface area contributed by atoms with Crippen molar-refractivity contribution < 1.29 is 28.6 Å². The Morgan fingerprint density at radius 2 is 1.42 bits per heavy atom. The van der Waals surface area contributed by atoms with Gasteiger partial charge in [0.1, 0.15) is 11.4 Å². The molecule has 26 heavy (non-hydrogen) atoms. The summed E-state index contributed by atoms with van der Waals surface area (Å²) in [6.07, 6.45) is -1.04. The molecule has 8 nitrogen and oxygen atoms in total. The summed E-state index contributed by atoms with van der Waals surface area (Å²) in [6, 6.07) is 6.02. The van der Waals surface area contributed by atoms with Gasteiger partial charge in [-0.15, -0.1) is 0 Å². The second kappa shape index (κ2) is 9.07. The van der Waals surface area contributed by atoms with E-state index >= 15 is 0 Å². The standard InChI is InChI=1S/C18H26N2O6/c1-18(2,3)26-17(23)20(5)12-11-19(4)16(22)25-14-9-7-13(8-10-14)15(21)24-6/h7-10H,11-12H2,1-6H3. The van der Waals surface area contributed by atoms with Crippen molar-refractivity contribution in [1.82, 2.24) is 9.80 Å². The number of likely N-dealkylation sites (N-methyl/N-ethyl adjacent to an activating group) is 2. The molecule has 0 aliphatic carbocycles. The van der Waals surface area contributed by atoms with E-state index in [1.165, 1.54) is 41.2 Å². The molecule has 0 aromatic heterocycles. The fourth-order valence-corrected chi connectivity index (χ4v) is 1.78. The van der Waals surface area contributed by atoms with E-state index in [4.69, 9.17) is 9.47 Å². The average molecular weight is 366 g/mol. The maximum atomic E-state index is 12.1. The number of carbonyl (C=O) groups is 3. The third-order valence-electron chi connectivity index (χ3n) is 3.27. The predicted octanol–water partition coefficient (Wildman–Crippen LogP) is 2.77. The van der Waals surface area contributed by atoms with E-state index in [2.05, 4.69) is 4.74 Å². The molecule has 1 aromatic carbocycles. The summed E-state index contributed by atoms with van der Waals surface area (Å²) in [5, 5.41) is 0. The molecule has 0 spiro atoms. The molecule has 0 heterocycles. The highest BCUT2D eigenvalue weighted by Gasteiger charge is 2.20. The summed E-state index contributed by atoms with van der Waals surface area (Å²) in [6.45, 7) is 5.92.